The summed E-state index contributed by atoms with van der Waals surface area (Å²) in [5, 5.41) is 13.8. The van der Waals surface area contributed by atoms with Crippen LogP contribution in [0.5, 0.6) is 0 Å². The van der Waals surface area contributed by atoms with Crippen molar-refractivity contribution in [3.63, 3.8) is 0 Å². The Kier molecular flexibility index (Phi) is 4.37. The fraction of sp³-hybridized carbons (Fsp3) is 0.562. The molecule has 0 spiro atoms. The average Bonchev–Trinajstić information content (AvgIpc) is 2.37. The summed E-state index contributed by atoms with van der Waals surface area (Å²) in [5.41, 5.74) is 0.777. The molecule has 2 nitrogen and oxygen atoms in total. The van der Waals surface area contributed by atoms with Crippen LogP contribution in [0.25, 0.3) is 0 Å². The number of rotatable bonds is 2. The molecule has 0 saturated heterocycles. The lowest BCUT2D eigenvalue weighted by molar-refractivity contribution is 0.146. The largest absolute Gasteiger partial charge is 0.367 e. The van der Waals surface area contributed by atoms with Gasteiger partial charge in [-0.25, -0.2) is 0 Å². The van der Waals surface area contributed by atoms with Gasteiger partial charge in [0.1, 0.15) is 5.54 Å². The highest BCUT2D eigenvalue weighted by molar-refractivity contribution is 9.10. The van der Waals surface area contributed by atoms with Gasteiger partial charge >= 0.3 is 0 Å². The van der Waals surface area contributed by atoms with Gasteiger partial charge in [0, 0.05) is 10.2 Å². The van der Waals surface area contributed by atoms with E-state index in [0.29, 0.717) is 16.4 Å². The van der Waals surface area contributed by atoms with Crippen molar-refractivity contribution in [2.24, 2.45) is 11.3 Å². The minimum absolute atomic E-state index is 0.311. The molecule has 1 aliphatic carbocycles. The molecule has 1 fully saturated rings. The van der Waals surface area contributed by atoms with Gasteiger partial charge in [-0.05, 0) is 64.7 Å². The fourth-order valence-corrected chi connectivity index (χ4v) is 3.59. The van der Waals surface area contributed by atoms with Crippen LogP contribution in [0.1, 0.15) is 40.0 Å². The Balaban J connectivity index is 2.24. The summed E-state index contributed by atoms with van der Waals surface area (Å²) in [6, 6.07) is 8.24. The summed E-state index contributed by atoms with van der Waals surface area (Å²) in [4.78, 5) is 0. The first-order valence-electron chi connectivity index (χ1n) is 6.92. The van der Waals surface area contributed by atoms with Gasteiger partial charge in [0.05, 0.1) is 11.1 Å². The molecule has 0 radical (unpaired) electrons. The molecular weight excluding hydrogens is 336 g/mol. The third kappa shape index (κ3) is 3.13. The van der Waals surface area contributed by atoms with Gasteiger partial charge in [0.2, 0.25) is 0 Å². The zero-order valence-electron chi connectivity index (χ0n) is 12.1. The molecule has 108 valence electrons. The molecular formula is C16H20BrClN2. The van der Waals surface area contributed by atoms with Crippen molar-refractivity contribution in [2.75, 3.05) is 5.32 Å². The van der Waals surface area contributed by atoms with Crippen molar-refractivity contribution >= 4 is 33.2 Å². The average molecular weight is 356 g/mol. The Labute approximate surface area is 134 Å². The van der Waals surface area contributed by atoms with Crippen LogP contribution in [0.3, 0.4) is 0 Å². The van der Waals surface area contributed by atoms with E-state index in [9.17, 15) is 5.26 Å². The molecule has 1 aliphatic rings. The van der Waals surface area contributed by atoms with Crippen molar-refractivity contribution in [1.82, 2.24) is 0 Å². The SMILES string of the molecule is CC1CC(C)(C)CCC1(C#N)Nc1ccc(Cl)c(Br)c1. The van der Waals surface area contributed by atoms with E-state index in [-0.39, 0.29) is 0 Å². The summed E-state index contributed by atoms with van der Waals surface area (Å²) in [7, 11) is 0. The van der Waals surface area contributed by atoms with Crippen molar-refractivity contribution in [1.29, 1.82) is 5.26 Å². The number of nitrogens with zero attached hydrogens (tertiary/aromatic N) is 1. The molecule has 1 aromatic carbocycles. The summed E-state index contributed by atoms with van der Waals surface area (Å²) in [5.74, 6) is 0.311. The van der Waals surface area contributed by atoms with E-state index in [1.165, 1.54) is 0 Å². The van der Waals surface area contributed by atoms with Gasteiger partial charge < -0.3 is 5.32 Å². The molecule has 1 aromatic rings. The molecule has 2 unspecified atom stereocenters. The summed E-state index contributed by atoms with van der Waals surface area (Å²) in [6.45, 7) is 6.73. The van der Waals surface area contributed by atoms with Crippen LogP contribution in [-0.2, 0) is 0 Å². The first-order valence-corrected chi connectivity index (χ1v) is 8.10. The molecule has 2 atom stereocenters. The van der Waals surface area contributed by atoms with E-state index < -0.39 is 5.54 Å². The molecule has 0 aromatic heterocycles. The number of hydrogen-bond donors (Lipinski definition) is 1. The molecule has 1 N–H and O–H groups in total. The number of nitriles is 1. The zero-order chi connectivity index (χ0) is 15.0. The predicted molar refractivity (Wildman–Crippen MR) is 87.9 cm³/mol. The van der Waals surface area contributed by atoms with Crippen molar-refractivity contribution in [2.45, 2.75) is 45.6 Å². The van der Waals surface area contributed by atoms with Crippen LogP contribution < -0.4 is 5.32 Å². The topological polar surface area (TPSA) is 35.8 Å². The van der Waals surface area contributed by atoms with E-state index >= 15 is 0 Å². The molecule has 0 aliphatic heterocycles. The fourth-order valence-electron chi connectivity index (χ4n) is 3.10. The van der Waals surface area contributed by atoms with Crippen LogP contribution in [0.2, 0.25) is 5.02 Å². The molecule has 0 amide bonds. The third-order valence-corrected chi connectivity index (χ3v) is 5.60. The van der Waals surface area contributed by atoms with E-state index in [2.05, 4.69) is 48.1 Å². The first kappa shape index (κ1) is 15.7. The summed E-state index contributed by atoms with van der Waals surface area (Å²) in [6.07, 6.45) is 2.99. The second-order valence-corrected chi connectivity index (χ2v) is 7.87. The van der Waals surface area contributed by atoms with Crippen LogP contribution in [0, 0.1) is 22.7 Å². The lowest BCUT2D eigenvalue weighted by Crippen LogP contribution is -2.48. The Hall–Kier alpha value is -0.720. The van der Waals surface area contributed by atoms with Gasteiger partial charge in [-0.1, -0.05) is 32.4 Å². The minimum Gasteiger partial charge on any atom is -0.367 e. The van der Waals surface area contributed by atoms with Gasteiger partial charge in [-0.2, -0.15) is 5.26 Å². The molecule has 1 saturated carbocycles. The van der Waals surface area contributed by atoms with Crippen molar-refractivity contribution < 1.29 is 0 Å². The highest BCUT2D eigenvalue weighted by atomic mass is 79.9. The Morgan fingerprint density at radius 1 is 1.40 bits per heavy atom. The normalized spacial score (nSPS) is 28.7. The Morgan fingerprint density at radius 2 is 2.10 bits per heavy atom. The number of halogens is 2. The monoisotopic (exact) mass is 354 g/mol. The Morgan fingerprint density at radius 3 is 2.65 bits per heavy atom. The van der Waals surface area contributed by atoms with Crippen molar-refractivity contribution in [3.8, 4) is 6.07 Å². The summed E-state index contributed by atoms with van der Waals surface area (Å²) < 4.78 is 0.848. The van der Waals surface area contributed by atoms with Crippen LogP contribution in [-0.4, -0.2) is 5.54 Å². The van der Waals surface area contributed by atoms with E-state index in [1.807, 2.05) is 18.2 Å². The first-order chi connectivity index (χ1) is 9.28. The number of hydrogen-bond acceptors (Lipinski definition) is 2. The maximum absolute atomic E-state index is 9.72. The second kappa shape index (κ2) is 5.58. The van der Waals surface area contributed by atoms with Gasteiger partial charge in [0.25, 0.3) is 0 Å². The minimum atomic E-state index is -0.483. The standard InChI is InChI=1S/C16H20BrClN2/c1-11-9-15(2,3)6-7-16(11,10-19)20-12-4-5-14(18)13(17)8-12/h4-5,8,11,20H,6-7,9H2,1-3H3. The van der Waals surface area contributed by atoms with Crippen LogP contribution in [0.15, 0.2) is 22.7 Å². The lowest BCUT2D eigenvalue weighted by atomic mass is 9.64. The predicted octanol–water partition coefficient (Wildman–Crippen LogP) is 5.62. The smallest absolute Gasteiger partial charge is 0.128 e. The Bertz CT molecular complexity index is 550. The molecule has 20 heavy (non-hydrogen) atoms. The quantitative estimate of drug-likeness (QED) is 0.747. The molecule has 0 bridgehead atoms. The van der Waals surface area contributed by atoms with Gasteiger partial charge in [-0.3, -0.25) is 0 Å². The number of anilines is 1. The van der Waals surface area contributed by atoms with E-state index in [0.717, 1.165) is 29.4 Å². The van der Waals surface area contributed by atoms with Gasteiger partial charge in [0.15, 0.2) is 0 Å². The maximum Gasteiger partial charge on any atom is 0.128 e. The van der Waals surface area contributed by atoms with Crippen LogP contribution >= 0.6 is 27.5 Å². The second-order valence-electron chi connectivity index (χ2n) is 6.61. The number of benzene rings is 1. The molecule has 0 heterocycles. The summed E-state index contributed by atoms with van der Waals surface area (Å²) >= 11 is 9.45. The van der Waals surface area contributed by atoms with Crippen LogP contribution in [0.4, 0.5) is 5.69 Å². The highest BCUT2D eigenvalue weighted by Gasteiger charge is 2.44. The van der Waals surface area contributed by atoms with E-state index in [1.54, 1.807) is 0 Å². The molecule has 2 rings (SSSR count). The number of nitrogens with one attached hydrogen (secondary N) is 1. The van der Waals surface area contributed by atoms with Gasteiger partial charge in [-0.15, -0.1) is 0 Å². The molecule has 4 heteroatoms. The lowest BCUT2D eigenvalue weighted by Gasteiger charge is -2.45. The van der Waals surface area contributed by atoms with Crippen molar-refractivity contribution in [3.05, 3.63) is 27.7 Å². The van der Waals surface area contributed by atoms with E-state index in [4.69, 9.17) is 11.6 Å². The third-order valence-electron chi connectivity index (χ3n) is 4.38. The zero-order valence-corrected chi connectivity index (χ0v) is 14.5. The highest BCUT2D eigenvalue weighted by Crippen LogP contribution is 2.45. The maximum atomic E-state index is 9.72.